The summed E-state index contributed by atoms with van der Waals surface area (Å²) in [6.45, 7) is 10.6. The van der Waals surface area contributed by atoms with E-state index in [2.05, 4.69) is 37.9 Å². The Morgan fingerprint density at radius 1 is 0.783 bits per heavy atom. The Morgan fingerprint density at radius 2 is 1.22 bits per heavy atom. The third kappa shape index (κ3) is 13.6. The molecular weight excluding hydrogens is 284 g/mol. The van der Waals surface area contributed by atoms with Crippen LogP contribution >= 0.6 is 0 Å². The van der Waals surface area contributed by atoms with E-state index in [1.54, 1.807) is 0 Å². The molecule has 0 aromatic carbocycles. The lowest BCUT2D eigenvalue weighted by molar-refractivity contribution is -0.123. The summed E-state index contributed by atoms with van der Waals surface area (Å²) in [6, 6.07) is 0. The van der Waals surface area contributed by atoms with Gasteiger partial charge in [0.1, 0.15) is 0 Å². The van der Waals surface area contributed by atoms with Crippen LogP contribution in [-0.2, 0) is 4.79 Å². The highest BCUT2D eigenvalue weighted by atomic mass is 16.1. The maximum Gasteiger partial charge on any atom is 0.221 e. The Labute approximate surface area is 145 Å². The molecule has 3 heteroatoms. The summed E-state index contributed by atoms with van der Waals surface area (Å²) < 4.78 is 0. The van der Waals surface area contributed by atoms with E-state index in [4.69, 9.17) is 0 Å². The number of unbranched alkanes of at least 4 members (excludes halogenated alkanes) is 10. The average molecular weight is 327 g/mol. The number of hydrogen-bond donors (Lipinski definition) is 1. The van der Waals surface area contributed by atoms with Gasteiger partial charge < -0.3 is 5.32 Å². The van der Waals surface area contributed by atoms with Crippen LogP contribution in [-0.4, -0.2) is 30.1 Å². The molecule has 0 bridgehead atoms. The van der Waals surface area contributed by atoms with Gasteiger partial charge in [0.15, 0.2) is 0 Å². The summed E-state index contributed by atoms with van der Waals surface area (Å²) in [4.78, 5) is 14.2. The summed E-state index contributed by atoms with van der Waals surface area (Å²) in [6.07, 6.45) is 15.4. The summed E-state index contributed by atoms with van der Waals surface area (Å²) in [5.41, 5.74) is 0. The van der Waals surface area contributed by atoms with Gasteiger partial charge in [-0.05, 0) is 26.4 Å². The van der Waals surface area contributed by atoms with Gasteiger partial charge in [-0.1, -0.05) is 85.0 Å². The van der Waals surface area contributed by atoms with Crippen molar-refractivity contribution in [2.24, 2.45) is 0 Å². The molecular formula is C20H42N2O. The van der Waals surface area contributed by atoms with Crippen molar-refractivity contribution in [3.63, 3.8) is 0 Å². The van der Waals surface area contributed by atoms with Gasteiger partial charge in [0.25, 0.3) is 0 Å². The lowest BCUT2D eigenvalue weighted by Gasteiger charge is -2.27. The van der Waals surface area contributed by atoms with Crippen LogP contribution in [0.25, 0.3) is 0 Å². The molecule has 3 nitrogen and oxygen atoms in total. The zero-order valence-corrected chi connectivity index (χ0v) is 16.3. The molecule has 1 N–H and O–H groups in total. The van der Waals surface area contributed by atoms with Crippen molar-refractivity contribution < 1.29 is 4.79 Å². The minimum atomic E-state index is 0.158. The number of rotatable bonds is 16. The van der Waals surface area contributed by atoms with Gasteiger partial charge in [-0.25, -0.2) is 0 Å². The smallest absolute Gasteiger partial charge is 0.221 e. The van der Waals surface area contributed by atoms with Gasteiger partial charge in [0.05, 0.1) is 6.17 Å². The first-order valence-electron chi connectivity index (χ1n) is 10.2. The minimum absolute atomic E-state index is 0.158. The molecule has 1 unspecified atom stereocenters. The number of carbonyl (C=O) groups excluding carboxylic acids is 1. The fourth-order valence-corrected chi connectivity index (χ4v) is 3.12. The molecule has 0 aromatic heterocycles. The van der Waals surface area contributed by atoms with E-state index in [1.807, 2.05) is 0 Å². The number of nitrogens with zero attached hydrogens (tertiary/aromatic N) is 1. The molecule has 0 aromatic rings. The largest absolute Gasteiger partial charge is 0.341 e. The Kier molecular flexibility index (Phi) is 15.9. The van der Waals surface area contributed by atoms with Crippen molar-refractivity contribution in [3.8, 4) is 0 Å². The molecule has 0 spiro atoms. The highest BCUT2D eigenvalue weighted by Gasteiger charge is 2.12. The SMILES string of the molecule is CCCCCCCCCCCCCC(=O)NC(C)N(CC)CC. The molecule has 0 aliphatic rings. The van der Waals surface area contributed by atoms with E-state index in [-0.39, 0.29) is 12.1 Å². The Bertz CT molecular complexity index is 264. The van der Waals surface area contributed by atoms with Crippen LogP contribution in [0.5, 0.6) is 0 Å². The van der Waals surface area contributed by atoms with Crippen molar-refractivity contribution in [1.82, 2.24) is 10.2 Å². The Balaban J connectivity index is 3.39. The second kappa shape index (κ2) is 16.3. The van der Waals surface area contributed by atoms with Crippen LogP contribution in [0.3, 0.4) is 0 Å². The quantitative estimate of drug-likeness (QED) is 0.300. The number of carbonyl (C=O) groups is 1. The van der Waals surface area contributed by atoms with Crippen LogP contribution in [0.4, 0.5) is 0 Å². The van der Waals surface area contributed by atoms with Crippen LogP contribution in [0.1, 0.15) is 105 Å². The van der Waals surface area contributed by atoms with Gasteiger partial charge in [-0.3, -0.25) is 9.69 Å². The molecule has 0 rings (SSSR count). The second-order valence-corrected chi connectivity index (χ2v) is 6.75. The van der Waals surface area contributed by atoms with E-state index in [0.717, 1.165) is 19.5 Å². The van der Waals surface area contributed by atoms with E-state index >= 15 is 0 Å². The second-order valence-electron chi connectivity index (χ2n) is 6.75. The van der Waals surface area contributed by atoms with Crippen molar-refractivity contribution in [1.29, 1.82) is 0 Å². The normalized spacial score (nSPS) is 12.6. The summed E-state index contributed by atoms with van der Waals surface area (Å²) >= 11 is 0. The monoisotopic (exact) mass is 326 g/mol. The first-order valence-corrected chi connectivity index (χ1v) is 10.2. The molecule has 138 valence electrons. The van der Waals surface area contributed by atoms with Crippen molar-refractivity contribution in [2.75, 3.05) is 13.1 Å². The van der Waals surface area contributed by atoms with Crippen LogP contribution in [0, 0.1) is 0 Å². The first-order chi connectivity index (χ1) is 11.2. The maximum atomic E-state index is 11.9. The minimum Gasteiger partial charge on any atom is -0.341 e. The van der Waals surface area contributed by atoms with Gasteiger partial charge in [0.2, 0.25) is 5.91 Å². The van der Waals surface area contributed by atoms with Crippen LogP contribution in [0.2, 0.25) is 0 Å². The third-order valence-corrected chi connectivity index (χ3v) is 4.74. The average Bonchev–Trinajstić information content (AvgIpc) is 2.53. The zero-order chi connectivity index (χ0) is 17.3. The van der Waals surface area contributed by atoms with Crippen molar-refractivity contribution >= 4 is 5.91 Å². The summed E-state index contributed by atoms with van der Waals surface area (Å²) in [7, 11) is 0. The third-order valence-electron chi connectivity index (χ3n) is 4.74. The molecule has 0 aliphatic carbocycles. The topological polar surface area (TPSA) is 32.3 Å². The van der Waals surface area contributed by atoms with Crippen LogP contribution < -0.4 is 5.32 Å². The Hall–Kier alpha value is -0.570. The maximum absolute atomic E-state index is 11.9. The van der Waals surface area contributed by atoms with E-state index in [0.29, 0.717) is 6.42 Å². The van der Waals surface area contributed by atoms with Crippen molar-refractivity contribution in [3.05, 3.63) is 0 Å². The van der Waals surface area contributed by atoms with Crippen LogP contribution in [0.15, 0.2) is 0 Å². The molecule has 0 saturated carbocycles. The fraction of sp³-hybridized carbons (Fsp3) is 0.950. The van der Waals surface area contributed by atoms with E-state index in [1.165, 1.54) is 64.2 Å². The lowest BCUT2D eigenvalue weighted by Crippen LogP contribution is -2.45. The predicted octanol–water partition coefficient (Wildman–Crippen LogP) is 5.49. The van der Waals surface area contributed by atoms with E-state index in [9.17, 15) is 4.79 Å². The van der Waals surface area contributed by atoms with Crippen molar-refractivity contribution in [2.45, 2.75) is 111 Å². The molecule has 0 heterocycles. The van der Waals surface area contributed by atoms with E-state index < -0.39 is 0 Å². The first kappa shape index (κ1) is 22.4. The molecule has 0 fully saturated rings. The predicted molar refractivity (Wildman–Crippen MR) is 102 cm³/mol. The molecule has 0 saturated heterocycles. The molecule has 23 heavy (non-hydrogen) atoms. The standard InChI is InChI=1S/C20H42N2O/c1-5-8-9-10-11-12-13-14-15-16-17-18-20(23)21-19(4)22(6-2)7-3/h19H,5-18H2,1-4H3,(H,21,23). The highest BCUT2D eigenvalue weighted by Crippen LogP contribution is 2.12. The van der Waals surface area contributed by atoms with Gasteiger partial charge >= 0.3 is 0 Å². The molecule has 0 aliphatic heterocycles. The van der Waals surface area contributed by atoms with Gasteiger partial charge in [-0.15, -0.1) is 0 Å². The summed E-state index contributed by atoms with van der Waals surface area (Å²) in [5, 5.41) is 3.10. The molecule has 1 amide bonds. The number of amides is 1. The lowest BCUT2D eigenvalue weighted by atomic mass is 10.1. The Morgan fingerprint density at radius 3 is 1.65 bits per heavy atom. The van der Waals surface area contributed by atoms with Gasteiger partial charge in [0, 0.05) is 6.42 Å². The highest BCUT2D eigenvalue weighted by molar-refractivity contribution is 5.76. The zero-order valence-electron chi connectivity index (χ0n) is 16.3. The number of nitrogens with one attached hydrogen (secondary N) is 1. The fourth-order valence-electron chi connectivity index (χ4n) is 3.12. The molecule has 0 radical (unpaired) electrons. The summed E-state index contributed by atoms with van der Waals surface area (Å²) in [5.74, 6) is 0.209. The molecule has 1 atom stereocenters. The van der Waals surface area contributed by atoms with Gasteiger partial charge in [-0.2, -0.15) is 0 Å². The number of hydrogen-bond acceptors (Lipinski definition) is 2.